The molecule has 0 aliphatic carbocycles. The van der Waals surface area contributed by atoms with Gasteiger partial charge in [-0.3, -0.25) is 9.59 Å². The largest absolute Gasteiger partial charge is 0.480 e. The van der Waals surface area contributed by atoms with Crippen molar-refractivity contribution in [2.24, 2.45) is 0 Å². The fraction of sp³-hybridized carbons (Fsp3) is 0.118. The second-order valence-corrected chi connectivity index (χ2v) is 5.32. The van der Waals surface area contributed by atoms with E-state index >= 15 is 0 Å². The van der Waals surface area contributed by atoms with Gasteiger partial charge in [0.25, 0.3) is 5.91 Å². The van der Waals surface area contributed by atoms with Crippen LogP contribution in [-0.2, 0) is 16.1 Å². The van der Waals surface area contributed by atoms with Gasteiger partial charge in [0.15, 0.2) is 0 Å². The number of carbonyl (C=O) groups is 3. The number of imide groups is 1. The lowest BCUT2D eigenvalue weighted by Crippen LogP contribution is -2.35. The Morgan fingerprint density at radius 3 is 2.75 bits per heavy atom. The maximum absolute atomic E-state index is 12.2. The number of carboxylic acid groups (broad SMARTS) is 1. The number of aromatic nitrogens is 1. The molecular weight excluding hydrogens is 310 g/mol. The normalized spacial score (nSPS) is 16.0. The molecule has 1 saturated heterocycles. The van der Waals surface area contributed by atoms with Crippen LogP contribution in [0.25, 0.3) is 17.0 Å². The Morgan fingerprint density at radius 1 is 1.29 bits per heavy atom. The summed E-state index contributed by atoms with van der Waals surface area (Å²) in [5.74, 6) is -1.90. The van der Waals surface area contributed by atoms with Gasteiger partial charge in [0.1, 0.15) is 12.2 Å². The molecule has 24 heavy (non-hydrogen) atoms. The molecule has 2 aromatic rings. The maximum Gasteiger partial charge on any atom is 0.329 e. The number of fused-ring (bicyclic) bond motifs is 1. The number of allylic oxidation sites excluding steroid dienone is 1. The smallest absolute Gasteiger partial charge is 0.329 e. The zero-order valence-corrected chi connectivity index (χ0v) is 12.7. The zero-order valence-electron chi connectivity index (χ0n) is 12.7. The first-order valence-corrected chi connectivity index (χ1v) is 7.26. The maximum atomic E-state index is 12.2. The molecule has 3 rings (SSSR count). The van der Waals surface area contributed by atoms with Gasteiger partial charge in [-0.05, 0) is 12.1 Å². The van der Waals surface area contributed by atoms with Gasteiger partial charge in [0, 0.05) is 29.2 Å². The highest BCUT2D eigenvalue weighted by Crippen LogP contribution is 2.24. The van der Waals surface area contributed by atoms with Gasteiger partial charge in [-0.15, -0.1) is 6.58 Å². The summed E-state index contributed by atoms with van der Waals surface area (Å²) in [6, 6.07) is 6.93. The van der Waals surface area contributed by atoms with Crippen LogP contribution in [0.3, 0.4) is 0 Å². The average molecular weight is 325 g/mol. The van der Waals surface area contributed by atoms with Crippen LogP contribution < -0.4 is 5.32 Å². The van der Waals surface area contributed by atoms with Gasteiger partial charge >= 0.3 is 12.0 Å². The van der Waals surface area contributed by atoms with Crippen LogP contribution in [0.15, 0.2) is 48.8 Å². The molecule has 1 fully saturated rings. The molecule has 2 heterocycles. The lowest BCUT2D eigenvalue weighted by molar-refractivity contribution is -0.140. The van der Waals surface area contributed by atoms with Crippen molar-refractivity contribution in [2.45, 2.75) is 6.54 Å². The number of hydrogen-bond acceptors (Lipinski definition) is 3. The SMILES string of the molecule is C=CCn1cc(C=C2NC(=O)N(CC(=O)O)C2=O)c2ccccc21. The van der Waals surface area contributed by atoms with Crippen molar-refractivity contribution in [3.05, 3.63) is 54.4 Å². The Kier molecular flexibility index (Phi) is 3.91. The minimum absolute atomic E-state index is 0.0581. The molecule has 7 heteroatoms. The summed E-state index contributed by atoms with van der Waals surface area (Å²) >= 11 is 0. The Balaban J connectivity index is 2.01. The first-order valence-electron chi connectivity index (χ1n) is 7.26. The first-order chi connectivity index (χ1) is 11.5. The molecule has 122 valence electrons. The van der Waals surface area contributed by atoms with Crippen molar-refractivity contribution in [3.8, 4) is 0 Å². The first kappa shape index (κ1) is 15.5. The molecule has 1 aliphatic rings. The predicted octanol–water partition coefficient (Wildman–Crippen LogP) is 1.80. The molecule has 1 aromatic carbocycles. The predicted molar refractivity (Wildman–Crippen MR) is 88.0 cm³/mol. The molecule has 0 spiro atoms. The highest BCUT2D eigenvalue weighted by Gasteiger charge is 2.35. The molecule has 1 aromatic heterocycles. The molecule has 0 atom stereocenters. The number of rotatable bonds is 5. The summed E-state index contributed by atoms with van der Waals surface area (Å²) in [6.07, 6.45) is 5.18. The summed E-state index contributed by atoms with van der Waals surface area (Å²) in [5.41, 5.74) is 1.79. The van der Waals surface area contributed by atoms with E-state index in [4.69, 9.17) is 5.11 Å². The van der Waals surface area contributed by atoms with Crippen molar-refractivity contribution in [1.29, 1.82) is 0 Å². The number of hydrogen-bond donors (Lipinski definition) is 2. The molecule has 0 radical (unpaired) electrons. The molecule has 7 nitrogen and oxygen atoms in total. The van der Waals surface area contributed by atoms with Gasteiger partial charge in [-0.1, -0.05) is 24.3 Å². The molecule has 3 amide bonds. The van der Waals surface area contributed by atoms with Gasteiger partial charge in [-0.2, -0.15) is 0 Å². The average Bonchev–Trinajstić information content (AvgIpc) is 3.01. The van der Waals surface area contributed by atoms with E-state index in [9.17, 15) is 14.4 Å². The molecule has 1 aliphatic heterocycles. The van der Waals surface area contributed by atoms with Crippen LogP contribution in [0.2, 0.25) is 0 Å². The van der Waals surface area contributed by atoms with Crippen LogP contribution in [0.4, 0.5) is 4.79 Å². The molecule has 0 bridgehead atoms. The highest BCUT2D eigenvalue weighted by molar-refractivity contribution is 6.15. The number of urea groups is 1. The third-order valence-electron chi connectivity index (χ3n) is 3.70. The fourth-order valence-corrected chi connectivity index (χ4v) is 2.69. The number of carbonyl (C=O) groups excluding carboxylic acids is 2. The van der Waals surface area contributed by atoms with Crippen molar-refractivity contribution in [1.82, 2.24) is 14.8 Å². The van der Waals surface area contributed by atoms with E-state index in [1.807, 2.05) is 35.0 Å². The fourth-order valence-electron chi connectivity index (χ4n) is 2.69. The second-order valence-electron chi connectivity index (χ2n) is 5.32. The number of nitrogens with one attached hydrogen (secondary N) is 1. The van der Waals surface area contributed by atoms with Crippen molar-refractivity contribution >= 4 is 34.9 Å². The number of amides is 3. The van der Waals surface area contributed by atoms with Crippen molar-refractivity contribution < 1.29 is 19.5 Å². The summed E-state index contributed by atoms with van der Waals surface area (Å²) < 4.78 is 1.98. The van der Waals surface area contributed by atoms with E-state index in [0.29, 0.717) is 11.4 Å². The van der Waals surface area contributed by atoms with Crippen LogP contribution >= 0.6 is 0 Å². The number of carboxylic acids is 1. The van der Waals surface area contributed by atoms with E-state index in [2.05, 4.69) is 11.9 Å². The summed E-state index contributed by atoms with van der Waals surface area (Å²) in [6.45, 7) is 3.67. The van der Waals surface area contributed by atoms with Gasteiger partial charge < -0.3 is 15.0 Å². The lowest BCUT2D eigenvalue weighted by atomic mass is 10.1. The minimum Gasteiger partial charge on any atom is -0.480 e. The van der Waals surface area contributed by atoms with E-state index in [0.717, 1.165) is 16.5 Å². The summed E-state index contributed by atoms with van der Waals surface area (Å²) in [7, 11) is 0. The quantitative estimate of drug-likeness (QED) is 0.498. The number of benzene rings is 1. The van der Waals surface area contributed by atoms with Crippen LogP contribution in [0.5, 0.6) is 0 Å². The van der Waals surface area contributed by atoms with Crippen LogP contribution in [0, 0.1) is 0 Å². The Bertz CT molecular complexity index is 894. The Labute approximate surface area is 137 Å². The van der Waals surface area contributed by atoms with Gasteiger partial charge in [-0.25, -0.2) is 9.69 Å². The molecule has 0 unspecified atom stereocenters. The van der Waals surface area contributed by atoms with E-state index in [1.54, 1.807) is 12.2 Å². The monoisotopic (exact) mass is 325 g/mol. The van der Waals surface area contributed by atoms with Crippen LogP contribution in [0.1, 0.15) is 5.56 Å². The highest BCUT2D eigenvalue weighted by atomic mass is 16.4. The summed E-state index contributed by atoms with van der Waals surface area (Å²) in [4.78, 5) is 35.4. The Morgan fingerprint density at radius 2 is 2.04 bits per heavy atom. The van der Waals surface area contributed by atoms with Crippen LogP contribution in [-0.4, -0.2) is 39.0 Å². The third-order valence-corrected chi connectivity index (χ3v) is 3.70. The lowest BCUT2D eigenvalue weighted by Gasteiger charge is -2.06. The minimum atomic E-state index is -1.25. The van der Waals surface area contributed by atoms with E-state index in [-0.39, 0.29) is 5.70 Å². The third kappa shape index (κ3) is 2.67. The van der Waals surface area contributed by atoms with E-state index in [1.165, 1.54) is 0 Å². The van der Waals surface area contributed by atoms with Gasteiger partial charge in [0.05, 0.1) is 0 Å². The number of para-hydroxylation sites is 1. The van der Waals surface area contributed by atoms with Crippen molar-refractivity contribution in [2.75, 3.05) is 6.54 Å². The molecule has 0 saturated carbocycles. The standard InChI is InChI=1S/C17H15N3O4/c1-2-7-19-9-11(12-5-3-4-6-14(12)19)8-13-16(23)20(10-15(21)22)17(24)18-13/h2-6,8-9H,1,7,10H2,(H,18,24)(H,21,22). The number of aliphatic carboxylic acids is 1. The Hall–Kier alpha value is -3.35. The van der Waals surface area contributed by atoms with E-state index < -0.39 is 24.5 Å². The van der Waals surface area contributed by atoms with Crippen molar-refractivity contribution in [3.63, 3.8) is 0 Å². The summed E-state index contributed by atoms with van der Waals surface area (Å²) in [5, 5.41) is 12.1. The molecule has 2 N–H and O–H groups in total. The number of nitrogens with zero attached hydrogens (tertiary/aromatic N) is 2. The molecular formula is C17H15N3O4. The second kappa shape index (κ2) is 6.04. The topological polar surface area (TPSA) is 91.6 Å². The zero-order chi connectivity index (χ0) is 17.3. The van der Waals surface area contributed by atoms with Gasteiger partial charge in [0.2, 0.25) is 0 Å².